The van der Waals surface area contributed by atoms with Gasteiger partial charge >= 0.3 is 6.18 Å². The highest BCUT2D eigenvalue weighted by Gasteiger charge is 2.49. The van der Waals surface area contributed by atoms with Crippen molar-refractivity contribution in [3.63, 3.8) is 0 Å². The third-order valence-corrected chi connectivity index (χ3v) is 6.12. The molecule has 34 heavy (non-hydrogen) atoms. The maximum absolute atomic E-state index is 13.5. The smallest absolute Gasteiger partial charge is 0.417 e. The van der Waals surface area contributed by atoms with Crippen LogP contribution in [0.15, 0.2) is 42.9 Å². The van der Waals surface area contributed by atoms with E-state index in [2.05, 4.69) is 19.9 Å². The molecule has 1 saturated heterocycles. The van der Waals surface area contributed by atoms with Gasteiger partial charge in [0.25, 0.3) is 5.91 Å². The first kappa shape index (κ1) is 22.2. The van der Waals surface area contributed by atoms with E-state index in [9.17, 15) is 22.4 Å². The summed E-state index contributed by atoms with van der Waals surface area (Å²) in [6, 6.07) is 5.23. The first-order chi connectivity index (χ1) is 16.2. The maximum Gasteiger partial charge on any atom is 0.417 e. The Balaban J connectivity index is 1.38. The number of hydrogen-bond donors (Lipinski definition) is 0. The van der Waals surface area contributed by atoms with Crippen molar-refractivity contribution in [3.8, 4) is 17.3 Å². The maximum atomic E-state index is 13.5. The van der Waals surface area contributed by atoms with Crippen LogP contribution in [0.25, 0.3) is 11.4 Å². The lowest BCUT2D eigenvalue weighted by Gasteiger charge is -2.33. The van der Waals surface area contributed by atoms with Gasteiger partial charge in [0.1, 0.15) is 11.8 Å². The Labute approximate surface area is 191 Å². The van der Waals surface area contributed by atoms with Crippen LogP contribution in [0.3, 0.4) is 0 Å². The molecule has 2 aliphatic rings. The normalized spacial score (nSPS) is 21.7. The largest absolute Gasteiger partial charge is 0.472 e. The molecular formula is C23H19F4N5O2. The van der Waals surface area contributed by atoms with E-state index in [1.165, 1.54) is 6.07 Å². The summed E-state index contributed by atoms with van der Waals surface area (Å²) >= 11 is 0. The summed E-state index contributed by atoms with van der Waals surface area (Å²) in [5, 5.41) is 0. The molecule has 176 valence electrons. The van der Waals surface area contributed by atoms with Crippen LogP contribution in [0.2, 0.25) is 0 Å². The Kier molecular flexibility index (Phi) is 5.41. The monoisotopic (exact) mass is 473 g/mol. The summed E-state index contributed by atoms with van der Waals surface area (Å²) in [6.45, 7) is 2.27. The van der Waals surface area contributed by atoms with E-state index in [0.717, 1.165) is 24.7 Å². The fourth-order valence-corrected chi connectivity index (χ4v) is 4.59. The molecule has 1 saturated carbocycles. The van der Waals surface area contributed by atoms with Crippen LogP contribution in [0.4, 0.5) is 17.6 Å². The molecule has 0 spiro atoms. The van der Waals surface area contributed by atoms with Crippen LogP contribution in [0.1, 0.15) is 34.6 Å². The molecule has 7 nitrogen and oxygen atoms in total. The highest BCUT2D eigenvalue weighted by molar-refractivity contribution is 5.98. The zero-order chi connectivity index (χ0) is 24.0. The molecule has 3 aromatic rings. The van der Waals surface area contributed by atoms with Gasteiger partial charge < -0.3 is 9.64 Å². The molecule has 1 amide bonds. The summed E-state index contributed by atoms with van der Waals surface area (Å²) in [5.74, 6) is -0.461. The summed E-state index contributed by atoms with van der Waals surface area (Å²) < 4.78 is 57.6. The second-order valence-electron chi connectivity index (χ2n) is 8.48. The summed E-state index contributed by atoms with van der Waals surface area (Å²) in [4.78, 5) is 31.4. The van der Waals surface area contributed by atoms with Crippen molar-refractivity contribution in [2.75, 3.05) is 6.54 Å². The molecule has 11 heteroatoms. The van der Waals surface area contributed by atoms with E-state index in [0.29, 0.717) is 30.6 Å². The van der Waals surface area contributed by atoms with E-state index in [-0.39, 0.29) is 35.3 Å². The van der Waals surface area contributed by atoms with Crippen LogP contribution in [-0.4, -0.2) is 49.4 Å². The lowest BCUT2D eigenvalue weighted by Crippen LogP contribution is -2.47. The molecule has 2 fully saturated rings. The predicted molar refractivity (Wildman–Crippen MR) is 111 cm³/mol. The Morgan fingerprint density at radius 1 is 1.06 bits per heavy atom. The molecule has 0 aromatic carbocycles. The van der Waals surface area contributed by atoms with Crippen molar-refractivity contribution in [2.24, 2.45) is 5.92 Å². The number of aryl methyl sites for hydroxylation is 1. The van der Waals surface area contributed by atoms with Crippen molar-refractivity contribution in [1.29, 1.82) is 0 Å². The highest BCUT2D eigenvalue weighted by atomic mass is 19.4. The van der Waals surface area contributed by atoms with E-state index >= 15 is 0 Å². The molecule has 0 N–H and O–H groups in total. The minimum absolute atomic E-state index is 0.0760. The lowest BCUT2D eigenvalue weighted by atomic mass is 10.1. The van der Waals surface area contributed by atoms with E-state index in [1.54, 1.807) is 24.0 Å². The molecular weight excluding hydrogens is 454 g/mol. The quantitative estimate of drug-likeness (QED) is 0.532. The van der Waals surface area contributed by atoms with Crippen molar-refractivity contribution in [1.82, 2.24) is 24.8 Å². The van der Waals surface area contributed by atoms with Crippen LogP contribution in [0, 0.1) is 18.7 Å². The van der Waals surface area contributed by atoms with Crippen molar-refractivity contribution < 1.29 is 27.1 Å². The van der Waals surface area contributed by atoms with Crippen LogP contribution >= 0.6 is 0 Å². The number of nitrogens with zero attached hydrogens (tertiary/aromatic N) is 5. The molecule has 1 aliphatic carbocycles. The average Bonchev–Trinajstić information content (AvgIpc) is 3.40. The minimum Gasteiger partial charge on any atom is -0.472 e. The van der Waals surface area contributed by atoms with Crippen molar-refractivity contribution >= 4 is 5.91 Å². The summed E-state index contributed by atoms with van der Waals surface area (Å²) in [6.07, 6.45) is -0.713. The first-order valence-electron chi connectivity index (χ1n) is 10.7. The molecule has 5 rings (SSSR count). The van der Waals surface area contributed by atoms with Crippen LogP contribution < -0.4 is 4.74 Å². The Morgan fingerprint density at radius 3 is 2.47 bits per heavy atom. The third-order valence-electron chi connectivity index (χ3n) is 6.12. The average molecular weight is 473 g/mol. The number of fused-ring (bicyclic) bond motifs is 2. The lowest BCUT2D eigenvalue weighted by molar-refractivity contribution is -0.137. The molecule has 3 atom stereocenters. The summed E-state index contributed by atoms with van der Waals surface area (Å²) in [7, 11) is 0. The number of pyridine rings is 2. The fourth-order valence-electron chi connectivity index (χ4n) is 4.59. The number of rotatable bonds is 4. The Bertz CT molecular complexity index is 1220. The topological polar surface area (TPSA) is 81.1 Å². The van der Waals surface area contributed by atoms with Crippen molar-refractivity contribution in [3.05, 3.63) is 65.6 Å². The van der Waals surface area contributed by atoms with Gasteiger partial charge in [-0.3, -0.25) is 4.79 Å². The number of hydrogen-bond acceptors (Lipinski definition) is 6. The third kappa shape index (κ3) is 4.17. The van der Waals surface area contributed by atoms with E-state index in [1.807, 2.05) is 0 Å². The standard InChI is InChI=1S/C23H19F4N5O2/c1-12-2-4-16(21-29-9-15(24)10-30-21)20(31-12)22(33)32-11-13-6-17(32)18(7-13)34-19-5-3-14(8-28-19)23(25,26)27/h2-5,8-10,13,17-18H,6-7,11H2,1H3/t13-,17+,18-/m1/s1. The first-order valence-corrected chi connectivity index (χ1v) is 10.7. The molecule has 4 heterocycles. The number of likely N-dealkylation sites (tertiary alicyclic amines) is 1. The van der Waals surface area contributed by atoms with Crippen LogP contribution in [0.5, 0.6) is 5.88 Å². The Morgan fingerprint density at radius 2 is 1.82 bits per heavy atom. The van der Waals surface area contributed by atoms with Gasteiger partial charge in [-0.05, 0) is 43.9 Å². The molecule has 3 aromatic heterocycles. The number of piperidine rings is 1. The number of aromatic nitrogens is 4. The van der Waals surface area contributed by atoms with Gasteiger partial charge in [0.05, 0.1) is 29.6 Å². The van der Waals surface area contributed by atoms with Gasteiger partial charge in [0, 0.05) is 24.5 Å². The van der Waals surface area contributed by atoms with Gasteiger partial charge in [-0.25, -0.2) is 24.3 Å². The number of carbonyl (C=O) groups excluding carboxylic acids is 1. The summed E-state index contributed by atoms with van der Waals surface area (Å²) in [5.41, 5.74) is 0.316. The molecule has 1 aliphatic heterocycles. The molecule has 0 radical (unpaired) electrons. The highest BCUT2D eigenvalue weighted by Crippen LogP contribution is 2.41. The fraction of sp³-hybridized carbons (Fsp3) is 0.348. The number of halogens is 4. The SMILES string of the molecule is Cc1ccc(-c2ncc(F)cn2)c(C(=O)N2C[C@H]3C[C@@H](Oc4ccc(C(F)(F)F)cn4)[C@@H]2C3)n1. The number of amides is 1. The number of alkyl halides is 3. The Hall–Kier alpha value is -3.63. The second kappa shape index (κ2) is 8.30. The number of ether oxygens (including phenoxy) is 1. The van der Waals surface area contributed by atoms with Gasteiger partial charge in [0.2, 0.25) is 5.88 Å². The zero-order valence-electron chi connectivity index (χ0n) is 18.0. The second-order valence-corrected chi connectivity index (χ2v) is 8.48. The van der Waals surface area contributed by atoms with Gasteiger partial charge in [-0.15, -0.1) is 0 Å². The van der Waals surface area contributed by atoms with Crippen molar-refractivity contribution in [2.45, 2.75) is 38.1 Å². The van der Waals surface area contributed by atoms with Gasteiger partial charge in [0.15, 0.2) is 11.6 Å². The van der Waals surface area contributed by atoms with E-state index < -0.39 is 23.7 Å². The number of carbonyl (C=O) groups is 1. The van der Waals surface area contributed by atoms with E-state index in [4.69, 9.17) is 4.74 Å². The zero-order valence-corrected chi connectivity index (χ0v) is 18.0. The van der Waals surface area contributed by atoms with Gasteiger partial charge in [-0.1, -0.05) is 0 Å². The minimum atomic E-state index is -4.48. The van der Waals surface area contributed by atoms with Gasteiger partial charge in [-0.2, -0.15) is 13.2 Å². The molecule has 2 bridgehead atoms. The van der Waals surface area contributed by atoms with Crippen LogP contribution in [-0.2, 0) is 6.18 Å². The molecule has 0 unspecified atom stereocenters. The predicted octanol–water partition coefficient (Wildman–Crippen LogP) is 4.08.